The van der Waals surface area contributed by atoms with Crippen LogP contribution in [0.2, 0.25) is 0 Å². The summed E-state index contributed by atoms with van der Waals surface area (Å²) in [6, 6.07) is 19.2. The van der Waals surface area contributed by atoms with Crippen molar-refractivity contribution in [3.8, 4) is 5.75 Å². The zero-order chi connectivity index (χ0) is 15.1. The van der Waals surface area contributed by atoms with Crippen LogP contribution in [0.25, 0.3) is 0 Å². The van der Waals surface area contributed by atoms with E-state index in [0.29, 0.717) is 6.04 Å². The van der Waals surface area contributed by atoms with Gasteiger partial charge in [-0.15, -0.1) is 0 Å². The summed E-state index contributed by atoms with van der Waals surface area (Å²) in [6.45, 7) is 1.78. The van der Waals surface area contributed by atoms with Crippen LogP contribution < -0.4 is 10.1 Å². The normalized spacial score (nSPS) is 12.4. The minimum absolute atomic E-state index is 0.379. The Hall–Kier alpha value is -1.84. The van der Waals surface area contributed by atoms with Crippen LogP contribution in [0.15, 0.2) is 54.6 Å². The van der Waals surface area contributed by atoms with Crippen LogP contribution in [0.1, 0.15) is 17.2 Å². The summed E-state index contributed by atoms with van der Waals surface area (Å²) < 4.78 is 5.17. The molecule has 0 aliphatic rings. The van der Waals surface area contributed by atoms with E-state index in [0.717, 1.165) is 18.8 Å². The Morgan fingerprint density at radius 1 is 1.00 bits per heavy atom. The van der Waals surface area contributed by atoms with E-state index in [1.54, 1.807) is 7.11 Å². The Balaban J connectivity index is 1.90. The van der Waals surface area contributed by atoms with Gasteiger partial charge in [0.25, 0.3) is 0 Å². The van der Waals surface area contributed by atoms with Gasteiger partial charge in [-0.3, -0.25) is 0 Å². The van der Waals surface area contributed by atoms with Crippen LogP contribution in [-0.2, 0) is 6.54 Å². The topological polar surface area (TPSA) is 24.5 Å². The van der Waals surface area contributed by atoms with Gasteiger partial charge in [0.05, 0.1) is 7.11 Å². The molecule has 0 aliphatic carbocycles. The molecule has 0 amide bonds. The summed E-state index contributed by atoms with van der Waals surface area (Å²) in [6.07, 6.45) is 0. The maximum absolute atomic E-state index is 5.17. The third kappa shape index (κ3) is 4.59. The van der Waals surface area contributed by atoms with Crippen molar-refractivity contribution in [1.29, 1.82) is 0 Å². The van der Waals surface area contributed by atoms with Crippen LogP contribution in [0.4, 0.5) is 0 Å². The van der Waals surface area contributed by atoms with Gasteiger partial charge < -0.3 is 15.0 Å². The highest BCUT2D eigenvalue weighted by molar-refractivity contribution is 5.27. The lowest BCUT2D eigenvalue weighted by Gasteiger charge is -2.25. The first kappa shape index (κ1) is 15.5. The molecule has 0 saturated heterocycles. The minimum Gasteiger partial charge on any atom is -0.497 e. The second-order valence-electron chi connectivity index (χ2n) is 5.37. The zero-order valence-corrected chi connectivity index (χ0v) is 13.0. The van der Waals surface area contributed by atoms with Crippen molar-refractivity contribution in [1.82, 2.24) is 10.2 Å². The van der Waals surface area contributed by atoms with E-state index in [4.69, 9.17) is 4.74 Å². The number of methoxy groups -OCH3 is 1. The van der Waals surface area contributed by atoms with Gasteiger partial charge in [0.2, 0.25) is 0 Å². The summed E-state index contributed by atoms with van der Waals surface area (Å²) in [5.41, 5.74) is 2.60. The Labute approximate surface area is 127 Å². The highest BCUT2D eigenvalue weighted by Gasteiger charge is 2.12. The summed E-state index contributed by atoms with van der Waals surface area (Å²) in [5.74, 6) is 0.897. The molecule has 3 nitrogen and oxygen atoms in total. The van der Waals surface area contributed by atoms with E-state index < -0.39 is 0 Å². The first-order chi connectivity index (χ1) is 10.2. The van der Waals surface area contributed by atoms with Crippen molar-refractivity contribution < 1.29 is 4.74 Å². The predicted molar refractivity (Wildman–Crippen MR) is 87.6 cm³/mol. The first-order valence-electron chi connectivity index (χ1n) is 7.25. The smallest absolute Gasteiger partial charge is 0.118 e. The Morgan fingerprint density at radius 3 is 2.24 bits per heavy atom. The maximum atomic E-state index is 5.17. The highest BCUT2D eigenvalue weighted by Crippen LogP contribution is 2.17. The molecule has 0 spiro atoms. The molecule has 0 radical (unpaired) electrons. The SMILES string of the molecule is COc1ccc(CNC[C@@H](c2ccccc2)N(C)C)cc1. The quantitative estimate of drug-likeness (QED) is 0.845. The second kappa shape index (κ2) is 7.81. The summed E-state index contributed by atoms with van der Waals surface area (Å²) in [4.78, 5) is 2.25. The standard InChI is InChI=1S/C18H24N2O/c1-20(2)18(16-7-5-4-6-8-16)14-19-13-15-9-11-17(21-3)12-10-15/h4-12,18-19H,13-14H2,1-3H3/t18-/m0/s1. The fraction of sp³-hybridized carbons (Fsp3) is 0.333. The Morgan fingerprint density at radius 2 is 1.67 bits per heavy atom. The molecule has 0 bridgehead atoms. The van der Waals surface area contributed by atoms with Gasteiger partial charge in [0, 0.05) is 19.1 Å². The van der Waals surface area contributed by atoms with Gasteiger partial charge in [-0.05, 0) is 37.4 Å². The van der Waals surface area contributed by atoms with Crippen LogP contribution >= 0.6 is 0 Å². The molecular formula is C18H24N2O. The van der Waals surface area contributed by atoms with Crippen molar-refractivity contribution in [3.05, 3.63) is 65.7 Å². The fourth-order valence-corrected chi connectivity index (χ4v) is 2.37. The number of benzene rings is 2. The molecule has 0 saturated carbocycles. The van der Waals surface area contributed by atoms with Gasteiger partial charge in [-0.1, -0.05) is 42.5 Å². The molecule has 2 aromatic rings. The van der Waals surface area contributed by atoms with E-state index >= 15 is 0 Å². The molecule has 21 heavy (non-hydrogen) atoms. The van der Waals surface area contributed by atoms with E-state index in [2.05, 4.69) is 66.8 Å². The molecular weight excluding hydrogens is 260 g/mol. The number of hydrogen-bond acceptors (Lipinski definition) is 3. The fourth-order valence-electron chi connectivity index (χ4n) is 2.37. The Kier molecular flexibility index (Phi) is 5.78. The predicted octanol–water partition coefficient (Wildman–Crippen LogP) is 3.09. The first-order valence-corrected chi connectivity index (χ1v) is 7.25. The summed E-state index contributed by atoms with van der Waals surface area (Å²) in [7, 11) is 5.92. The van der Waals surface area contributed by atoms with Crippen molar-refractivity contribution in [2.24, 2.45) is 0 Å². The molecule has 0 unspecified atom stereocenters. The molecule has 0 aromatic heterocycles. The third-order valence-electron chi connectivity index (χ3n) is 3.63. The number of rotatable bonds is 7. The third-order valence-corrected chi connectivity index (χ3v) is 3.63. The molecule has 112 valence electrons. The summed E-state index contributed by atoms with van der Waals surface area (Å²) in [5, 5.41) is 3.54. The van der Waals surface area contributed by atoms with Gasteiger partial charge in [-0.25, -0.2) is 0 Å². The average Bonchev–Trinajstić information content (AvgIpc) is 2.52. The number of ether oxygens (including phenoxy) is 1. The van der Waals surface area contributed by atoms with Crippen molar-refractivity contribution in [2.75, 3.05) is 27.7 Å². The lowest BCUT2D eigenvalue weighted by atomic mass is 10.1. The lowest BCUT2D eigenvalue weighted by Crippen LogP contribution is -2.30. The molecule has 3 heteroatoms. The lowest BCUT2D eigenvalue weighted by molar-refractivity contribution is 0.288. The zero-order valence-electron chi connectivity index (χ0n) is 13.0. The van der Waals surface area contributed by atoms with E-state index in [-0.39, 0.29) is 0 Å². The molecule has 0 aliphatic heterocycles. The molecule has 2 aromatic carbocycles. The Bertz CT molecular complexity index is 523. The number of hydrogen-bond donors (Lipinski definition) is 1. The summed E-state index contributed by atoms with van der Waals surface area (Å²) >= 11 is 0. The minimum atomic E-state index is 0.379. The highest BCUT2D eigenvalue weighted by atomic mass is 16.5. The average molecular weight is 284 g/mol. The number of nitrogens with zero attached hydrogens (tertiary/aromatic N) is 1. The van der Waals surface area contributed by atoms with Gasteiger partial charge in [-0.2, -0.15) is 0 Å². The molecule has 1 atom stereocenters. The monoisotopic (exact) mass is 284 g/mol. The largest absolute Gasteiger partial charge is 0.497 e. The molecule has 0 heterocycles. The molecule has 0 fully saturated rings. The van der Waals surface area contributed by atoms with Crippen LogP contribution in [-0.4, -0.2) is 32.6 Å². The van der Waals surface area contributed by atoms with Crippen molar-refractivity contribution in [2.45, 2.75) is 12.6 Å². The van der Waals surface area contributed by atoms with Crippen molar-refractivity contribution in [3.63, 3.8) is 0 Å². The van der Waals surface area contributed by atoms with Crippen LogP contribution in [0, 0.1) is 0 Å². The molecule has 2 rings (SSSR count). The second-order valence-corrected chi connectivity index (χ2v) is 5.37. The van der Waals surface area contributed by atoms with Gasteiger partial charge in [0.15, 0.2) is 0 Å². The van der Waals surface area contributed by atoms with Crippen LogP contribution in [0.5, 0.6) is 5.75 Å². The van der Waals surface area contributed by atoms with Gasteiger partial charge >= 0.3 is 0 Å². The van der Waals surface area contributed by atoms with Crippen molar-refractivity contribution >= 4 is 0 Å². The van der Waals surface area contributed by atoms with Gasteiger partial charge in [0.1, 0.15) is 5.75 Å². The number of nitrogens with one attached hydrogen (secondary N) is 1. The number of likely N-dealkylation sites (N-methyl/N-ethyl adjacent to an activating group) is 1. The van der Waals surface area contributed by atoms with Crippen LogP contribution in [0.3, 0.4) is 0 Å². The molecule has 1 N–H and O–H groups in total. The van der Waals surface area contributed by atoms with E-state index in [1.165, 1.54) is 11.1 Å². The maximum Gasteiger partial charge on any atom is 0.118 e. The van der Waals surface area contributed by atoms with E-state index in [9.17, 15) is 0 Å². The van der Waals surface area contributed by atoms with E-state index in [1.807, 2.05) is 12.1 Å².